The standard InChI is InChI=1S/C15H24N2O2/c1-4-13(16)11-12-5-7-14(8-6-12)19-10-9-15(18)17(2)3/h5-8,13H,4,9-11,16H2,1-3H3. The molecular weight excluding hydrogens is 240 g/mol. The van der Waals surface area contributed by atoms with Crippen LogP contribution in [0, 0.1) is 0 Å². The molecule has 0 aliphatic rings. The molecule has 1 atom stereocenters. The van der Waals surface area contributed by atoms with E-state index in [2.05, 4.69) is 6.92 Å². The molecule has 4 heteroatoms. The Kier molecular flexibility index (Phi) is 6.36. The van der Waals surface area contributed by atoms with E-state index in [-0.39, 0.29) is 11.9 Å². The summed E-state index contributed by atoms with van der Waals surface area (Å²) < 4.78 is 5.53. The molecular formula is C15H24N2O2. The van der Waals surface area contributed by atoms with Gasteiger partial charge in [0.2, 0.25) is 5.91 Å². The van der Waals surface area contributed by atoms with Gasteiger partial charge in [-0.3, -0.25) is 4.79 Å². The van der Waals surface area contributed by atoms with Gasteiger partial charge in [0.15, 0.2) is 0 Å². The Bertz CT molecular complexity index is 388. The van der Waals surface area contributed by atoms with Crippen LogP contribution in [0.3, 0.4) is 0 Å². The van der Waals surface area contributed by atoms with Gasteiger partial charge in [0, 0.05) is 20.1 Å². The average molecular weight is 264 g/mol. The molecule has 0 fully saturated rings. The highest BCUT2D eigenvalue weighted by molar-refractivity contribution is 5.75. The molecule has 1 unspecified atom stereocenters. The van der Waals surface area contributed by atoms with Crippen LogP contribution >= 0.6 is 0 Å². The number of hydrogen-bond acceptors (Lipinski definition) is 3. The summed E-state index contributed by atoms with van der Waals surface area (Å²) in [5.74, 6) is 0.867. The lowest BCUT2D eigenvalue weighted by Gasteiger charge is -2.12. The van der Waals surface area contributed by atoms with Gasteiger partial charge in [-0.25, -0.2) is 0 Å². The second-order valence-corrected chi connectivity index (χ2v) is 4.90. The maximum absolute atomic E-state index is 11.4. The molecule has 106 valence electrons. The van der Waals surface area contributed by atoms with E-state index < -0.39 is 0 Å². The predicted octanol–water partition coefficient (Wildman–Crippen LogP) is 1.82. The number of nitrogens with two attached hydrogens (primary N) is 1. The van der Waals surface area contributed by atoms with Crippen molar-refractivity contribution in [3.63, 3.8) is 0 Å². The van der Waals surface area contributed by atoms with Gasteiger partial charge < -0.3 is 15.4 Å². The van der Waals surface area contributed by atoms with Crippen molar-refractivity contribution >= 4 is 5.91 Å². The highest BCUT2D eigenvalue weighted by Gasteiger charge is 2.05. The Morgan fingerprint density at radius 3 is 2.47 bits per heavy atom. The lowest BCUT2D eigenvalue weighted by Crippen LogP contribution is -2.23. The highest BCUT2D eigenvalue weighted by Crippen LogP contribution is 2.14. The molecule has 0 saturated heterocycles. The molecule has 0 radical (unpaired) electrons. The Hall–Kier alpha value is -1.55. The normalized spacial score (nSPS) is 12.0. The third-order valence-corrected chi connectivity index (χ3v) is 3.03. The number of carbonyl (C=O) groups excluding carboxylic acids is 1. The Morgan fingerprint density at radius 2 is 1.95 bits per heavy atom. The zero-order valence-electron chi connectivity index (χ0n) is 12.1. The predicted molar refractivity (Wildman–Crippen MR) is 77.2 cm³/mol. The minimum absolute atomic E-state index is 0.0746. The summed E-state index contributed by atoms with van der Waals surface area (Å²) in [5, 5.41) is 0. The second kappa shape index (κ2) is 7.79. The quantitative estimate of drug-likeness (QED) is 0.817. The first kappa shape index (κ1) is 15.5. The smallest absolute Gasteiger partial charge is 0.225 e. The topological polar surface area (TPSA) is 55.6 Å². The SMILES string of the molecule is CCC(N)Cc1ccc(OCCC(=O)N(C)C)cc1. The van der Waals surface area contributed by atoms with Crippen LogP contribution in [-0.2, 0) is 11.2 Å². The maximum atomic E-state index is 11.4. The monoisotopic (exact) mass is 264 g/mol. The van der Waals surface area contributed by atoms with Crippen LogP contribution in [0.5, 0.6) is 5.75 Å². The van der Waals surface area contributed by atoms with Gasteiger partial charge in [0.1, 0.15) is 5.75 Å². The van der Waals surface area contributed by atoms with E-state index >= 15 is 0 Å². The fourth-order valence-electron chi connectivity index (χ4n) is 1.65. The van der Waals surface area contributed by atoms with Gasteiger partial charge in [-0.15, -0.1) is 0 Å². The lowest BCUT2D eigenvalue weighted by molar-refractivity contribution is -0.129. The molecule has 19 heavy (non-hydrogen) atoms. The van der Waals surface area contributed by atoms with Crippen molar-refractivity contribution in [3.05, 3.63) is 29.8 Å². The lowest BCUT2D eigenvalue weighted by atomic mass is 10.0. The first-order valence-corrected chi connectivity index (χ1v) is 6.70. The van der Waals surface area contributed by atoms with Crippen LogP contribution in [0.4, 0.5) is 0 Å². The summed E-state index contributed by atoms with van der Waals surface area (Å²) in [6, 6.07) is 8.12. The molecule has 0 spiro atoms. The van der Waals surface area contributed by atoms with Gasteiger partial charge in [-0.1, -0.05) is 19.1 Å². The number of hydrogen-bond donors (Lipinski definition) is 1. The molecule has 1 aromatic carbocycles. The zero-order chi connectivity index (χ0) is 14.3. The summed E-state index contributed by atoms with van der Waals surface area (Å²) in [7, 11) is 3.49. The summed E-state index contributed by atoms with van der Waals surface area (Å²) in [5.41, 5.74) is 7.13. The Labute approximate surface area is 115 Å². The number of benzene rings is 1. The fourth-order valence-corrected chi connectivity index (χ4v) is 1.65. The minimum atomic E-state index is 0.0746. The van der Waals surface area contributed by atoms with Crippen molar-refractivity contribution in [2.24, 2.45) is 5.73 Å². The van der Waals surface area contributed by atoms with Crippen molar-refractivity contribution in [3.8, 4) is 5.75 Å². The van der Waals surface area contributed by atoms with Crippen LogP contribution in [-0.4, -0.2) is 37.6 Å². The fraction of sp³-hybridized carbons (Fsp3) is 0.533. The highest BCUT2D eigenvalue weighted by atomic mass is 16.5. The molecule has 1 amide bonds. The number of ether oxygens (including phenoxy) is 1. The molecule has 2 N–H and O–H groups in total. The van der Waals surface area contributed by atoms with E-state index in [0.717, 1.165) is 18.6 Å². The summed E-state index contributed by atoms with van der Waals surface area (Å²) in [4.78, 5) is 12.9. The summed E-state index contributed by atoms with van der Waals surface area (Å²) >= 11 is 0. The largest absolute Gasteiger partial charge is 0.493 e. The first-order valence-electron chi connectivity index (χ1n) is 6.70. The molecule has 0 aliphatic carbocycles. The second-order valence-electron chi connectivity index (χ2n) is 4.90. The molecule has 0 bridgehead atoms. The van der Waals surface area contributed by atoms with Crippen LogP contribution in [0.2, 0.25) is 0 Å². The summed E-state index contributed by atoms with van der Waals surface area (Å²) in [6.45, 7) is 2.49. The summed E-state index contributed by atoms with van der Waals surface area (Å²) in [6.07, 6.45) is 2.26. The zero-order valence-corrected chi connectivity index (χ0v) is 12.1. The van der Waals surface area contributed by atoms with Crippen molar-refractivity contribution in [1.82, 2.24) is 4.90 Å². The molecule has 1 rings (SSSR count). The number of amides is 1. The molecule has 0 saturated carbocycles. The van der Waals surface area contributed by atoms with Gasteiger partial charge in [0.25, 0.3) is 0 Å². The van der Waals surface area contributed by atoms with Crippen LogP contribution in [0.1, 0.15) is 25.3 Å². The van der Waals surface area contributed by atoms with Crippen LogP contribution in [0.25, 0.3) is 0 Å². The van der Waals surface area contributed by atoms with E-state index in [0.29, 0.717) is 13.0 Å². The molecule has 0 aromatic heterocycles. The van der Waals surface area contributed by atoms with Crippen molar-refractivity contribution in [2.45, 2.75) is 32.2 Å². The Morgan fingerprint density at radius 1 is 1.32 bits per heavy atom. The Balaban J connectivity index is 2.38. The average Bonchev–Trinajstić information content (AvgIpc) is 2.40. The number of carbonyl (C=O) groups is 1. The van der Waals surface area contributed by atoms with E-state index in [1.165, 1.54) is 5.56 Å². The van der Waals surface area contributed by atoms with E-state index in [1.807, 2.05) is 24.3 Å². The van der Waals surface area contributed by atoms with Crippen LogP contribution < -0.4 is 10.5 Å². The third-order valence-electron chi connectivity index (χ3n) is 3.03. The molecule has 4 nitrogen and oxygen atoms in total. The van der Waals surface area contributed by atoms with Crippen molar-refractivity contribution < 1.29 is 9.53 Å². The molecule has 1 aromatic rings. The van der Waals surface area contributed by atoms with E-state index in [4.69, 9.17) is 10.5 Å². The minimum Gasteiger partial charge on any atom is -0.493 e. The van der Waals surface area contributed by atoms with Gasteiger partial charge in [-0.05, 0) is 30.5 Å². The first-order chi connectivity index (χ1) is 9.02. The van der Waals surface area contributed by atoms with Crippen molar-refractivity contribution in [1.29, 1.82) is 0 Å². The van der Waals surface area contributed by atoms with Gasteiger partial charge in [0.05, 0.1) is 13.0 Å². The number of nitrogens with zero attached hydrogens (tertiary/aromatic N) is 1. The maximum Gasteiger partial charge on any atom is 0.225 e. The van der Waals surface area contributed by atoms with Gasteiger partial charge >= 0.3 is 0 Å². The van der Waals surface area contributed by atoms with Gasteiger partial charge in [-0.2, -0.15) is 0 Å². The third kappa shape index (κ3) is 5.75. The van der Waals surface area contributed by atoms with E-state index in [9.17, 15) is 4.79 Å². The number of rotatable bonds is 7. The molecule has 0 aliphatic heterocycles. The van der Waals surface area contributed by atoms with E-state index in [1.54, 1.807) is 19.0 Å². The van der Waals surface area contributed by atoms with Crippen molar-refractivity contribution in [2.75, 3.05) is 20.7 Å². The molecule has 0 heterocycles. The van der Waals surface area contributed by atoms with Crippen LogP contribution in [0.15, 0.2) is 24.3 Å².